The Kier molecular flexibility index (Phi) is 7.11. The molecule has 168 valence electrons. The van der Waals surface area contributed by atoms with E-state index < -0.39 is 0 Å². The first-order chi connectivity index (χ1) is 15.9. The van der Waals surface area contributed by atoms with Gasteiger partial charge in [0.25, 0.3) is 5.91 Å². The van der Waals surface area contributed by atoms with Crippen LogP contribution in [0, 0.1) is 20.8 Å². The molecule has 0 aliphatic carbocycles. The lowest BCUT2D eigenvalue weighted by Gasteiger charge is -2.10. The van der Waals surface area contributed by atoms with Gasteiger partial charge in [0.1, 0.15) is 0 Å². The Bertz CT molecular complexity index is 1280. The Balaban J connectivity index is 1.41. The van der Waals surface area contributed by atoms with E-state index in [2.05, 4.69) is 23.3 Å². The lowest BCUT2D eigenvalue weighted by molar-refractivity contribution is 0.0950. The van der Waals surface area contributed by atoms with E-state index in [-0.39, 0.29) is 11.7 Å². The summed E-state index contributed by atoms with van der Waals surface area (Å²) in [6.07, 6.45) is 3.58. The van der Waals surface area contributed by atoms with Gasteiger partial charge in [0.2, 0.25) is 0 Å². The highest BCUT2D eigenvalue weighted by Gasteiger charge is 2.14. The summed E-state index contributed by atoms with van der Waals surface area (Å²) in [5.74, 6) is 0.293. The standard InChI is InChI=1S/C26H25N3O2S2/c1-17-13-19(3)23(14-18(17)2)24(30)16-33-26-27-10-11-29(26)21-8-6-20(7-9-21)25(31)28-15-22-5-4-12-32-22/h4-14H,15-16H2,1-3H3,(H,28,31). The summed E-state index contributed by atoms with van der Waals surface area (Å²) in [5, 5.41) is 5.67. The number of hydrogen-bond donors (Lipinski definition) is 1. The minimum Gasteiger partial charge on any atom is -0.347 e. The van der Waals surface area contributed by atoms with Gasteiger partial charge < -0.3 is 5.32 Å². The van der Waals surface area contributed by atoms with Crippen LogP contribution >= 0.6 is 23.1 Å². The predicted octanol–water partition coefficient (Wildman–Crippen LogP) is 5.76. The van der Waals surface area contributed by atoms with E-state index in [1.807, 2.05) is 60.3 Å². The van der Waals surface area contributed by atoms with E-state index >= 15 is 0 Å². The summed E-state index contributed by atoms with van der Waals surface area (Å²) in [7, 11) is 0. The molecule has 0 aliphatic heterocycles. The molecule has 0 fully saturated rings. The number of benzene rings is 2. The molecule has 0 spiro atoms. The Morgan fingerprint density at radius 2 is 1.79 bits per heavy atom. The number of amides is 1. The third kappa shape index (κ3) is 5.43. The zero-order valence-corrected chi connectivity index (χ0v) is 20.4. The maximum absolute atomic E-state index is 12.8. The molecule has 0 unspecified atom stereocenters. The van der Waals surface area contributed by atoms with Crippen LogP contribution in [0.2, 0.25) is 0 Å². The molecule has 2 aromatic carbocycles. The molecule has 0 saturated heterocycles. The van der Waals surface area contributed by atoms with Crippen LogP contribution in [0.25, 0.3) is 5.69 Å². The van der Waals surface area contributed by atoms with Crippen molar-refractivity contribution in [3.63, 3.8) is 0 Å². The zero-order chi connectivity index (χ0) is 23.4. The van der Waals surface area contributed by atoms with Gasteiger partial charge in [-0.2, -0.15) is 0 Å². The van der Waals surface area contributed by atoms with Crippen LogP contribution in [0.4, 0.5) is 0 Å². The molecule has 2 aromatic heterocycles. The summed E-state index contributed by atoms with van der Waals surface area (Å²) in [6.45, 7) is 6.58. The highest BCUT2D eigenvalue weighted by Crippen LogP contribution is 2.24. The molecule has 7 heteroatoms. The number of thioether (sulfide) groups is 1. The number of aryl methyl sites for hydroxylation is 3. The first-order valence-corrected chi connectivity index (χ1v) is 12.5. The van der Waals surface area contributed by atoms with Crippen molar-refractivity contribution >= 4 is 34.8 Å². The molecule has 0 radical (unpaired) electrons. The Hall–Kier alpha value is -3.16. The van der Waals surface area contributed by atoms with Crippen molar-refractivity contribution in [3.8, 4) is 5.69 Å². The second-order valence-corrected chi connectivity index (χ2v) is 9.83. The smallest absolute Gasteiger partial charge is 0.251 e. The van der Waals surface area contributed by atoms with Crippen LogP contribution in [0.1, 0.15) is 42.3 Å². The first kappa shape index (κ1) is 23.0. The van der Waals surface area contributed by atoms with Gasteiger partial charge in [-0.15, -0.1) is 11.3 Å². The molecular weight excluding hydrogens is 450 g/mol. The normalized spacial score (nSPS) is 10.9. The molecule has 0 saturated carbocycles. The van der Waals surface area contributed by atoms with Gasteiger partial charge in [0, 0.05) is 34.1 Å². The van der Waals surface area contributed by atoms with Crippen molar-refractivity contribution in [1.29, 1.82) is 0 Å². The first-order valence-electron chi connectivity index (χ1n) is 10.6. The van der Waals surface area contributed by atoms with Crippen molar-refractivity contribution < 1.29 is 9.59 Å². The van der Waals surface area contributed by atoms with Crippen molar-refractivity contribution in [2.45, 2.75) is 32.5 Å². The zero-order valence-electron chi connectivity index (χ0n) is 18.8. The van der Waals surface area contributed by atoms with Gasteiger partial charge in [-0.05, 0) is 79.2 Å². The van der Waals surface area contributed by atoms with Crippen LogP contribution in [-0.4, -0.2) is 27.0 Å². The summed E-state index contributed by atoms with van der Waals surface area (Å²) in [5.41, 5.74) is 5.57. The van der Waals surface area contributed by atoms with Crippen LogP contribution < -0.4 is 5.32 Å². The number of imidazole rings is 1. The van der Waals surface area contributed by atoms with Crippen LogP contribution in [0.3, 0.4) is 0 Å². The molecule has 2 heterocycles. The average molecular weight is 476 g/mol. The van der Waals surface area contributed by atoms with Crippen molar-refractivity contribution in [2.75, 3.05) is 5.75 Å². The fraction of sp³-hybridized carbons (Fsp3) is 0.192. The molecule has 1 N–H and O–H groups in total. The predicted molar refractivity (Wildman–Crippen MR) is 135 cm³/mol. The number of ketones is 1. The Labute approximate surface area is 201 Å². The van der Waals surface area contributed by atoms with Gasteiger partial charge in [-0.1, -0.05) is 23.9 Å². The van der Waals surface area contributed by atoms with E-state index in [4.69, 9.17) is 0 Å². The number of nitrogens with one attached hydrogen (secondary N) is 1. The number of carbonyl (C=O) groups excluding carboxylic acids is 2. The Morgan fingerprint density at radius 1 is 1.03 bits per heavy atom. The summed E-state index contributed by atoms with van der Waals surface area (Å²) >= 11 is 3.03. The van der Waals surface area contributed by atoms with E-state index in [9.17, 15) is 9.59 Å². The quantitative estimate of drug-likeness (QED) is 0.260. The molecular formula is C26H25N3O2S2. The molecule has 33 heavy (non-hydrogen) atoms. The molecule has 0 aliphatic rings. The van der Waals surface area contributed by atoms with Crippen LogP contribution in [-0.2, 0) is 6.54 Å². The minimum atomic E-state index is -0.107. The molecule has 4 aromatic rings. The summed E-state index contributed by atoms with van der Waals surface area (Å²) < 4.78 is 1.93. The molecule has 5 nitrogen and oxygen atoms in total. The van der Waals surface area contributed by atoms with Crippen molar-refractivity contribution in [2.24, 2.45) is 0 Å². The van der Waals surface area contributed by atoms with E-state index in [1.165, 1.54) is 17.3 Å². The topological polar surface area (TPSA) is 64.0 Å². The lowest BCUT2D eigenvalue weighted by Crippen LogP contribution is -2.22. The largest absolute Gasteiger partial charge is 0.347 e. The monoisotopic (exact) mass is 475 g/mol. The maximum Gasteiger partial charge on any atom is 0.251 e. The number of Topliss-reactive ketones (excluding diaryl/α,β-unsaturated/α-hetero) is 1. The third-order valence-electron chi connectivity index (χ3n) is 5.49. The number of carbonyl (C=O) groups is 2. The Morgan fingerprint density at radius 3 is 2.52 bits per heavy atom. The summed E-state index contributed by atoms with van der Waals surface area (Å²) in [4.78, 5) is 30.8. The van der Waals surface area contributed by atoms with E-state index in [1.54, 1.807) is 29.7 Å². The van der Waals surface area contributed by atoms with Gasteiger partial charge >= 0.3 is 0 Å². The highest BCUT2D eigenvalue weighted by molar-refractivity contribution is 7.99. The molecule has 0 bridgehead atoms. The van der Waals surface area contributed by atoms with Crippen LogP contribution in [0.5, 0.6) is 0 Å². The summed E-state index contributed by atoms with van der Waals surface area (Å²) in [6, 6.07) is 15.4. The van der Waals surface area contributed by atoms with Crippen molar-refractivity contribution in [1.82, 2.24) is 14.9 Å². The number of hydrogen-bond acceptors (Lipinski definition) is 5. The molecule has 1 amide bonds. The van der Waals surface area contributed by atoms with Gasteiger partial charge in [0.05, 0.1) is 12.3 Å². The van der Waals surface area contributed by atoms with E-state index in [0.717, 1.165) is 32.4 Å². The second-order valence-electron chi connectivity index (χ2n) is 7.85. The fourth-order valence-corrected chi connectivity index (χ4v) is 5.02. The number of thiophene rings is 1. The highest BCUT2D eigenvalue weighted by atomic mass is 32.2. The van der Waals surface area contributed by atoms with Gasteiger partial charge in [-0.25, -0.2) is 4.98 Å². The number of nitrogens with zero attached hydrogens (tertiary/aromatic N) is 2. The van der Waals surface area contributed by atoms with Gasteiger partial charge in [-0.3, -0.25) is 14.2 Å². The van der Waals surface area contributed by atoms with Crippen molar-refractivity contribution in [3.05, 3.63) is 99.0 Å². The number of aromatic nitrogens is 2. The lowest BCUT2D eigenvalue weighted by atomic mass is 9.99. The van der Waals surface area contributed by atoms with E-state index in [0.29, 0.717) is 17.9 Å². The average Bonchev–Trinajstić information content (AvgIpc) is 3.50. The SMILES string of the molecule is Cc1cc(C)c(C(=O)CSc2nccn2-c2ccc(C(=O)NCc3cccs3)cc2)cc1C. The maximum atomic E-state index is 12.8. The molecule has 4 rings (SSSR count). The number of rotatable bonds is 8. The second kappa shape index (κ2) is 10.2. The van der Waals surface area contributed by atoms with Crippen LogP contribution in [0.15, 0.2) is 71.5 Å². The minimum absolute atomic E-state index is 0.0907. The molecule has 0 atom stereocenters. The third-order valence-corrected chi connectivity index (χ3v) is 7.33. The fourth-order valence-electron chi connectivity index (χ4n) is 3.52. The van der Waals surface area contributed by atoms with Gasteiger partial charge in [0.15, 0.2) is 10.9 Å².